The summed E-state index contributed by atoms with van der Waals surface area (Å²) in [5.41, 5.74) is 2.65. The molecule has 7 nitrogen and oxygen atoms in total. The van der Waals surface area contributed by atoms with Crippen molar-refractivity contribution in [2.75, 3.05) is 26.1 Å². The van der Waals surface area contributed by atoms with Crippen LogP contribution in [0.5, 0.6) is 11.5 Å². The number of anilines is 1. The normalized spacial score (nSPS) is 10.3. The number of nitrogens with one attached hydrogen (secondary N) is 2. The lowest BCUT2D eigenvalue weighted by Gasteiger charge is -2.13. The molecule has 0 aliphatic rings. The van der Waals surface area contributed by atoms with Gasteiger partial charge in [0, 0.05) is 18.9 Å². The molecule has 1 amide bonds. The largest absolute Gasteiger partial charge is 0.493 e. The molecule has 1 aromatic heterocycles. The van der Waals surface area contributed by atoms with Gasteiger partial charge in [-0.2, -0.15) is 5.10 Å². The van der Waals surface area contributed by atoms with Crippen LogP contribution in [-0.4, -0.2) is 36.5 Å². The van der Waals surface area contributed by atoms with Crippen molar-refractivity contribution < 1.29 is 14.3 Å². The van der Waals surface area contributed by atoms with E-state index in [2.05, 4.69) is 15.7 Å². The Hall–Kier alpha value is -3.48. The second-order valence-corrected chi connectivity index (χ2v) is 5.79. The molecule has 0 fully saturated rings. The second-order valence-electron chi connectivity index (χ2n) is 5.79. The number of hydrogen-bond acceptors (Lipinski definition) is 5. The van der Waals surface area contributed by atoms with E-state index in [9.17, 15) is 4.79 Å². The molecule has 3 rings (SSSR count). The van der Waals surface area contributed by atoms with E-state index in [0.29, 0.717) is 18.0 Å². The molecule has 0 spiro atoms. The number of ether oxygens (including phenoxy) is 2. The summed E-state index contributed by atoms with van der Waals surface area (Å²) in [6.45, 7) is 0.563. The zero-order valence-electron chi connectivity index (χ0n) is 15.3. The molecule has 0 atom stereocenters. The van der Waals surface area contributed by atoms with E-state index in [1.807, 2.05) is 54.7 Å². The summed E-state index contributed by atoms with van der Waals surface area (Å²) < 4.78 is 12.2. The Labute approximate surface area is 157 Å². The number of aromatic nitrogens is 2. The molecule has 0 aliphatic carbocycles. The third kappa shape index (κ3) is 4.58. The number of amides is 1. The summed E-state index contributed by atoms with van der Waals surface area (Å²) >= 11 is 0. The molecule has 2 aromatic carbocycles. The number of nitrogens with zero attached hydrogens (tertiary/aromatic N) is 2. The first-order valence-electron chi connectivity index (χ1n) is 8.52. The maximum Gasteiger partial charge on any atom is 0.239 e. The minimum Gasteiger partial charge on any atom is -0.493 e. The summed E-state index contributed by atoms with van der Waals surface area (Å²) in [6, 6.07) is 15.1. The van der Waals surface area contributed by atoms with Gasteiger partial charge in [-0.1, -0.05) is 18.2 Å². The van der Waals surface area contributed by atoms with Crippen LogP contribution >= 0.6 is 0 Å². The average Bonchev–Trinajstić information content (AvgIpc) is 3.25. The van der Waals surface area contributed by atoms with Crippen LogP contribution in [0.4, 0.5) is 5.69 Å². The molecule has 0 saturated carbocycles. The molecule has 0 radical (unpaired) electrons. The molecule has 0 bridgehead atoms. The van der Waals surface area contributed by atoms with E-state index in [0.717, 1.165) is 16.9 Å². The Kier molecular flexibility index (Phi) is 5.94. The summed E-state index contributed by atoms with van der Waals surface area (Å²) in [5.74, 6) is 1.18. The van der Waals surface area contributed by atoms with Crippen LogP contribution in [0.25, 0.3) is 5.69 Å². The monoisotopic (exact) mass is 366 g/mol. The van der Waals surface area contributed by atoms with Gasteiger partial charge in [-0.05, 0) is 35.9 Å². The van der Waals surface area contributed by atoms with Crippen LogP contribution in [0.3, 0.4) is 0 Å². The number of carbonyl (C=O) groups is 1. The highest BCUT2D eigenvalue weighted by atomic mass is 16.5. The molecule has 7 heteroatoms. The molecule has 27 heavy (non-hydrogen) atoms. The van der Waals surface area contributed by atoms with E-state index in [1.54, 1.807) is 25.1 Å². The van der Waals surface area contributed by atoms with Crippen molar-refractivity contribution in [2.24, 2.45) is 0 Å². The first kappa shape index (κ1) is 18.3. The number of carbonyl (C=O) groups excluding carboxylic acids is 1. The minimum absolute atomic E-state index is 0.111. The Morgan fingerprint density at radius 3 is 2.63 bits per heavy atom. The highest BCUT2D eigenvalue weighted by Crippen LogP contribution is 2.27. The molecule has 0 aliphatic heterocycles. The standard InChI is InChI=1S/C20H22N4O3/c1-26-18-9-8-15(12-19(18)27-2)13-22-20(25)14-21-16-6-3-4-7-17(16)24-11-5-10-23-24/h3-12,21H,13-14H2,1-2H3,(H,22,25). The Morgan fingerprint density at radius 1 is 1.07 bits per heavy atom. The lowest BCUT2D eigenvalue weighted by Crippen LogP contribution is -2.29. The van der Waals surface area contributed by atoms with Crippen molar-refractivity contribution in [1.82, 2.24) is 15.1 Å². The van der Waals surface area contributed by atoms with Crippen LogP contribution in [-0.2, 0) is 11.3 Å². The summed E-state index contributed by atoms with van der Waals surface area (Å²) in [5, 5.41) is 10.3. The average molecular weight is 366 g/mol. The quantitative estimate of drug-likeness (QED) is 0.641. The zero-order valence-corrected chi connectivity index (χ0v) is 15.3. The Bertz CT molecular complexity index is 894. The first-order valence-corrected chi connectivity index (χ1v) is 8.52. The zero-order chi connectivity index (χ0) is 19.1. The van der Waals surface area contributed by atoms with Gasteiger partial charge >= 0.3 is 0 Å². The van der Waals surface area contributed by atoms with E-state index in [4.69, 9.17) is 9.47 Å². The predicted octanol–water partition coefficient (Wildman–Crippen LogP) is 2.62. The molecular weight excluding hydrogens is 344 g/mol. The number of para-hydroxylation sites is 2. The number of benzene rings is 2. The molecule has 0 unspecified atom stereocenters. The fourth-order valence-electron chi connectivity index (χ4n) is 2.66. The van der Waals surface area contributed by atoms with Gasteiger partial charge in [-0.3, -0.25) is 4.79 Å². The van der Waals surface area contributed by atoms with Crippen molar-refractivity contribution in [3.8, 4) is 17.2 Å². The van der Waals surface area contributed by atoms with Gasteiger partial charge in [-0.15, -0.1) is 0 Å². The molecule has 0 saturated heterocycles. The van der Waals surface area contributed by atoms with E-state index in [-0.39, 0.29) is 12.5 Å². The fraction of sp³-hybridized carbons (Fsp3) is 0.200. The first-order chi connectivity index (χ1) is 13.2. The number of rotatable bonds is 8. The summed E-state index contributed by atoms with van der Waals surface area (Å²) in [6.07, 6.45) is 3.57. The third-order valence-electron chi connectivity index (χ3n) is 4.03. The van der Waals surface area contributed by atoms with Crippen molar-refractivity contribution in [2.45, 2.75) is 6.54 Å². The van der Waals surface area contributed by atoms with E-state index >= 15 is 0 Å². The predicted molar refractivity (Wildman–Crippen MR) is 103 cm³/mol. The Balaban J connectivity index is 1.57. The lowest BCUT2D eigenvalue weighted by molar-refractivity contribution is -0.119. The van der Waals surface area contributed by atoms with Gasteiger partial charge in [0.2, 0.25) is 5.91 Å². The van der Waals surface area contributed by atoms with Crippen molar-refractivity contribution in [3.05, 3.63) is 66.5 Å². The summed E-state index contributed by atoms with van der Waals surface area (Å²) in [7, 11) is 3.17. The maximum atomic E-state index is 12.2. The van der Waals surface area contributed by atoms with Gasteiger partial charge in [0.15, 0.2) is 11.5 Å². The molecule has 3 aromatic rings. The molecular formula is C20H22N4O3. The van der Waals surface area contributed by atoms with Gasteiger partial charge in [-0.25, -0.2) is 4.68 Å². The van der Waals surface area contributed by atoms with Gasteiger partial charge in [0.1, 0.15) is 0 Å². The minimum atomic E-state index is -0.111. The van der Waals surface area contributed by atoms with E-state index in [1.165, 1.54) is 0 Å². The lowest BCUT2D eigenvalue weighted by atomic mass is 10.2. The highest BCUT2D eigenvalue weighted by Gasteiger charge is 2.08. The summed E-state index contributed by atoms with van der Waals surface area (Å²) in [4.78, 5) is 12.2. The SMILES string of the molecule is COc1ccc(CNC(=O)CNc2ccccc2-n2cccn2)cc1OC. The maximum absolute atomic E-state index is 12.2. The Morgan fingerprint density at radius 2 is 1.89 bits per heavy atom. The second kappa shape index (κ2) is 8.75. The number of hydrogen-bond donors (Lipinski definition) is 2. The smallest absolute Gasteiger partial charge is 0.239 e. The third-order valence-corrected chi connectivity index (χ3v) is 4.03. The van der Waals surface area contributed by atoms with Gasteiger partial charge in [0.05, 0.1) is 32.1 Å². The van der Waals surface area contributed by atoms with Crippen LogP contribution in [0.2, 0.25) is 0 Å². The van der Waals surface area contributed by atoms with Crippen LogP contribution < -0.4 is 20.1 Å². The molecule has 2 N–H and O–H groups in total. The van der Waals surface area contributed by atoms with Gasteiger partial charge in [0.25, 0.3) is 0 Å². The molecule has 1 heterocycles. The van der Waals surface area contributed by atoms with Crippen molar-refractivity contribution in [3.63, 3.8) is 0 Å². The van der Waals surface area contributed by atoms with E-state index < -0.39 is 0 Å². The van der Waals surface area contributed by atoms with Crippen LogP contribution in [0.15, 0.2) is 60.9 Å². The van der Waals surface area contributed by atoms with Crippen molar-refractivity contribution >= 4 is 11.6 Å². The fourth-order valence-corrected chi connectivity index (χ4v) is 2.66. The highest BCUT2D eigenvalue weighted by molar-refractivity contribution is 5.81. The topological polar surface area (TPSA) is 77.4 Å². The van der Waals surface area contributed by atoms with Crippen LogP contribution in [0.1, 0.15) is 5.56 Å². The van der Waals surface area contributed by atoms with Gasteiger partial charge < -0.3 is 20.1 Å². The molecule has 140 valence electrons. The van der Waals surface area contributed by atoms with Crippen molar-refractivity contribution in [1.29, 1.82) is 0 Å². The number of methoxy groups -OCH3 is 2. The van der Waals surface area contributed by atoms with Crippen LogP contribution in [0, 0.1) is 0 Å².